The van der Waals surface area contributed by atoms with Crippen molar-refractivity contribution in [2.45, 2.75) is 32.7 Å². The lowest BCUT2D eigenvalue weighted by Gasteiger charge is -2.05. The maximum atomic E-state index is 5.86. The molecule has 0 fully saturated rings. The Bertz CT molecular complexity index is 776. The molecule has 2 heterocycles. The van der Waals surface area contributed by atoms with E-state index in [9.17, 15) is 0 Å². The molecule has 1 aromatic carbocycles. The number of benzene rings is 1. The number of aryl methyl sites for hydroxylation is 2. The summed E-state index contributed by atoms with van der Waals surface area (Å²) < 4.78 is 11.1. The van der Waals surface area contributed by atoms with Gasteiger partial charge in [0.2, 0.25) is 0 Å². The molecule has 0 amide bonds. The van der Waals surface area contributed by atoms with Gasteiger partial charge in [0, 0.05) is 11.1 Å². The lowest BCUT2D eigenvalue weighted by molar-refractivity contribution is 0.340. The summed E-state index contributed by atoms with van der Waals surface area (Å²) in [6, 6.07) is 12.2. The molecular weight excluding hydrogens is 288 g/mol. The van der Waals surface area contributed by atoms with E-state index in [1.165, 1.54) is 5.56 Å². The number of ether oxygens (including phenoxy) is 1. The molecule has 2 aromatic heterocycles. The Hall–Kier alpha value is -2.33. The molecule has 4 nitrogen and oxygen atoms in total. The molecule has 1 unspecified atom stereocenters. The van der Waals surface area contributed by atoms with Gasteiger partial charge in [0.25, 0.3) is 0 Å². The highest BCUT2D eigenvalue weighted by molar-refractivity contribution is 5.77. The molecule has 23 heavy (non-hydrogen) atoms. The Balaban J connectivity index is 1.68. The van der Waals surface area contributed by atoms with E-state index >= 15 is 0 Å². The van der Waals surface area contributed by atoms with Crippen LogP contribution in [0.2, 0.25) is 0 Å². The van der Waals surface area contributed by atoms with Gasteiger partial charge in [0.1, 0.15) is 11.5 Å². The molecule has 4 heteroatoms. The number of nitrogens with two attached hydrogens (primary N) is 1. The molecule has 0 radical (unpaired) electrons. The SMILES string of the molecule is CCOc1ccc(CCc2cc3cc(C(C)N)oc3cn2)cc1. The van der Waals surface area contributed by atoms with E-state index in [2.05, 4.69) is 23.2 Å². The van der Waals surface area contributed by atoms with Crippen molar-refractivity contribution in [3.63, 3.8) is 0 Å². The first-order valence-electron chi connectivity index (χ1n) is 8.01. The second-order valence-corrected chi connectivity index (χ2v) is 5.73. The summed E-state index contributed by atoms with van der Waals surface area (Å²) in [5, 5.41) is 1.06. The largest absolute Gasteiger partial charge is 0.494 e. The summed E-state index contributed by atoms with van der Waals surface area (Å²) in [4.78, 5) is 4.48. The average molecular weight is 310 g/mol. The first kappa shape index (κ1) is 15.6. The van der Waals surface area contributed by atoms with E-state index in [4.69, 9.17) is 14.9 Å². The van der Waals surface area contributed by atoms with Crippen molar-refractivity contribution in [3.05, 3.63) is 59.6 Å². The van der Waals surface area contributed by atoms with Gasteiger partial charge < -0.3 is 14.9 Å². The van der Waals surface area contributed by atoms with E-state index in [0.29, 0.717) is 6.61 Å². The van der Waals surface area contributed by atoms with Crippen LogP contribution >= 0.6 is 0 Å². The van der Waals surface area contributed by atoms with Gasteiger partial charge in [-0.25, -0.2) is 0 Å². The highest BCUT2D eigenvalue weighted by atomic mass is 16.5. The van der Waals surface area contributed by atoms with Crippen LogP contribution in [0.5, 0.6) is 5.75 Å². The van der Waals surface area contributed by atoms with Gasteiger partial charge in [0.05, 0.1) is 18.8 Å². The number of fused-ring (bicyclic) bond motifs is 1. The Morgan fingerprint density at radius 3 is 2.65 bits per heavy atom. The number of hydrogen-bond acceptors (Lipinski definition) is 4. The number of furan rings is 1. The Kier molecular flexibility index (Phi) is 4.63. The Morgan fingerprint density at radius 2 is 1.96 bits per heavy atom. The van der Waals surface area contributed by atoms with Crippen LogP contribution in [0, 0.1) is 0 Å². The quantitative estimate of drug-likeness (QED) is 0.746. The van der Waals surface area contributed by atoms with Gasteiger partial charge in [-0.15, -0.1) is 0 Å². The summed E-state index contributed by atoms with van der Waals surface area (Å²) in [5.41, 5.74) is 8.99. The second-order valence-electron chi connectivity index (χ2n) is 5.73. The zero-order valence-corrected chi connectivity index (χ0v) is 13.6. The van der Waals surface area contributed by atoms with Crippen LogP contribution in [-0.4, -0.2) is 11.6 Å². The van der Waals surface area contributed by atoms with Crippen molar-refractivity contribution >= 4 is 11.0 Å². The number of nitrogens with zero attached hydrogens (tertiary/aromatic N) is 1. The van der Waals surface area contributed by atoms with Crippen molar-refractivity contribution in [3.8, 4) is 5.75 Å². The summed E-state index contributed by atoms with van der Waals surface area (Å²) in [6.07, 6.45) is 3.63. The van der Waals surface area contributed by atoms with E-state index in [1.807, 2.05) is 32.0 Å². The third-order valence-electron chi connectivity index (χ3n) is 3.83. The van der Waals surface area contributed by atoms with Gasteiger partial charge in [0.15, 0.2) is 5.58 Å². The standard InChI is InChI=1S/C19H22N2O2/c1-3-22-17-8-5-14(6-9-17)4-7-16-10-15-11-18(13(2)20)23-19(15)12-21-16/h5-6,8-13H,3-4,7,20H2,1-2H3. The molecule has 0 spiro atoms. The van der Waals surface area contributed by atoms with E-state index in [-0.39, 0.29) is 6.04 Å². The van der Waals surface area contributed by atoms with Gasteiger partial charge in [-0.3, -0.25) is 4.98 Å². The molecule has 0 saturated carbocycles. The third kappa shape index (κ3) is 3.71. The van der Waals surface area contributed by atoms with Crippen LogP contribution in [0.15, 0.2) is 47.0 Å². The maximum Gasteiger partial charge on any atom is 0.152 e. The lowest BCUT2D eigenvalue weighted by Crippen LogP contribution is -2.02. The fourth-order valence-corrected chi connectivity index (χ4v) is 2.56. The topological polar surface area (TPSA) is 61.3 Å². The molecule has 1 atom stereocenters. The lowest BCUT2D eigenvalue weighted by atomic mass is 10.1. The third-order valence-corrected chi connectivity index (χ3v) is 3.83. The first-order chi connectivity index (χ1) is 11.2. The molecule has 3 rings (SSSR count). The Labute approximate surface area is 136 Å². The van der Waals surface area contributed by atoms with E-state index in [0.717, 1.165) is 41.0 Å². The smallest absolute Gasteiger partial charge is 0.152 e. The molecule has 0 aliphatic carbocycles. The highest BCUT2D eigenvalue weighted by Crippen LogP contribution is 2.23. The van der Waals surface area contributed by atoms with Gasteiger partial charge in [-0.2, -0.15) is 0 Å². The van der Waals surface area contributed by atoms with Crippen molar-refractivity contribution in [2.75, 3.05) is 6.61 Å². The maximum absolute atomic E-state index is 5.86. The van der Waals surface area contributed by atoms with Gasteiger partial charge in [-0.05, 0) is 56.5 Å². The molecule has 3 aromatic rings. The van der Waals surface area contributed by atoms with E-state index in [1.54, 1.807) is 6.20 Å². The molecular formula is C19H22N2O2. The molecule has 0 saturated heterocycles. The fraction of sp³-hybridized carbons (Fsp3) is 0.316. The predicted octanol–water partition coefficient (Wildman–Crippen LogP) is 4.03. The van der Waals surface area contributed by atoms with E-state index < -0.39 is 0 Å². The normalized spacial score (nSPS) is 12.5. The minimum absolute atomic E-state index is 0.102. The van der Waals surface area contributed by atoms with Gasteiger partial charge >= 0.3 is 0 Å². The monoisotopic (exact) mass is 310 g/mol. The van der Waals surface area contributed by atoms with Gasteiger partial charge in [-0.1, -0.05) is 12.1 Å². The van der Waals surface area contributed by atoms with Crippen LogP contribution < -0.4 is 10.5 Å². The zero-order valence-electron chi connectivity index (χ0n) is 13.6. The van der Waals surface area contributed by atoms with Crippen molar-refractivity contribution in [2.24, 2.45) is 5.73 Å². The summed E-state index contributed by atoms with van der Waals surface area (Å²) in [6.45, 7) is 4.60. The zero-order chi connectivity index (χ0) is 16.2. The van der Waals surface area contributed by atoms with Crippen molar-refractivity contribution < 1.29 is 9.15 Å². The molecule has 0 aliphatic heterocycles. The minimum atomic E-state index is -0.102. The highest BCUT2D eigenvalue weighted by Gasteiger charge is 2.09. The van der Waals surface area contributed by atoms with Crippen molar-refractivity contribution in [1.29, 1.82) is 0 Å². The summed E-state index contributed by atoms with van der Waals surface area (Å²) in [5.74, 6) is 1.71. The fourth-order valence-electron chi connectivity index (χ4n) is 2.56. The Morgan fingerprint density at radius 1 is 1.17 bits per heavy atom. The van der Waals surface area contributed by atoms with Crippen LogP contribution in [0.1, 0.15) is 36.9 Å². The summed E-state index contributed by atoms with van der Waals surface area (Å²) in [7, 11) is 0. The van der Waals surface area contributed by atoms with Crippen LogP contribution in [0.25, 0.3) is 11.0 Å². The molecule has 0 aliphatic rings. The molecule has 120 valence electrons. The average Bonchev–Trinajstić information content (AvgIpc) is 2.98. The first-order valence-corrected chi connectivity index (χ1v) is 8.01. The van der Waals surface area contributed by atoms with Crippen LogP contribution in [0.3, 0.4) is 0 Å². The van der Waals surface area contributed by atoms with Crippen LogP contribution in [-0.2, 0) is 12.8 Å². The van der Waals surface area contributed by atoms with Crippen molar-refractivity contribution in [1.82, 2.24) is 4.98 Å². The number of aromatic nitrogens is 1. The predicted molar refractivity (Wildman–Crippen MR) is 91.6 cm³/mol. The number of rotatable bonds is 6. The molecule has 0 bridgehead atoms. The second kappa shape index (κ2) is 6.84. The number of pyridine rings is 1. The molecule has 2 N–H and O–H groups in total. The van der Waals surface area contributed by atoms with Crippen LogP contribution in [0.4, 0.5) is 0 Å². The summed E-state index contributed by atoms with van der Waals surface area (Å²) >= 11 is 0. The number of hydrogen-bond donors (Lipinski definition) is 1. The minimum Gasteiger partial charge on any atom is -0.494 e.